The number of carbonyl (C=O) groups excluding carboxylic acids is 2. The summed E-state index contributed by atoms with van der Waals surface area (Å²) < 4.78 is 2.10. The molecular weight excluding hydrogens is 356 g/mol. The maximum atomic E-state index is 12.5. The van der Waals surface area contributed by atoms with Crippen LogP contribution in [0.1, 0.15) is 15.9 Å². The summed E-state index contributed by atoms with van der Waals surface area (Å²) in [5.74, 6) is 0.500. The fourth-order valence-electron chi connectivity index (χ4n) is 2.99. The van der Waals surface area contributed by atoms with Gasteiger partial charge in [-0.25, -0.2) is 0 Å². The first-order chi connectivity index (χ1) is 13.7. The van der Waals surface area contributed by atoms with Crippen LogP contribution in [0.2, 0.25) is 0 Å². The van der Waals surface area contributed by atoms with Crippen molar-refractivity contribution in [1.29, 1.82) is 0 Å². The minimum absolute atomic E-state index is 0.114. The van der Waals surface area contributed by atoms with E-state index in [1.165, 1.54) is 0 Å². The second kappa shape index (κ2) is 9.59. The fraction of sp³-hybridized carbons (Fsp3) is 0.350. The SMILES string of the molecule is CN=C(NCCn1cccc1)NCc1ccc(C(=O)N2CCNC(=O)C2)cc1. The van der Waals surface area contributed by atoms with Crippen molar-refractivity contribution < 1.29 is 9.59 Å². The van der Waals surface area contributed by atoms with Gasteiger partial charge in [-0.05, 0) is 29.8 Å². The fourth-order valence-corrected chi connectivity index (χ4v) is 2.99. The van der Waals surface area contributed by atoms with Crippen LogP contribution in [0.3, 0.4) is 0 Å². The average Bonchev–Trinajstić information content (AvgIpc) is 3.24. The number of amides is 2. The van der Waals surface area contributed by atoms with Crippen LogP contribution in [0.4, 0.5) is 0 Å². The van der Waals surface area contributed by atoms with E-state index in [2.05, 4.69) is 25.5 Å². The first-order valence-corrected chi connectivity index (χ1v) is 9.36. The third kappa shape index (κ3) is 5.35. The van der Waals surface area contributed by atoms with Crippen molar-refractivity contribution in [3.63, 3.8) is 0 Å². The Kier molecular flexibility index (Phi) is 6.67. The first-order valence-electron chi connectivity index (χ1n) is 9.36. The highest BCUT2D eigenvalue weighted by molar-refractivity contribution is 5.97. The van der Waals surface area contributed by atoms with E-state index < -0.39 is 0 Å². The van der Waals surface area contributed by atoms with Gasteiger partial charge in [0.15, 0.2) is 5.96 Å². The lowest BCUT2D eigenvalue weighted by Crippen LogP contribution is -2.49. The zero-order valence-corrected chi connectivity index (χ0v) is 16.0. The Morgan fingerprint density at radius 1 is 1.18 bits per heavy atom. The van der Waals surface area contributed by atoms with Gasteiger partial charge in [-0.2, -0.15) is 0 Å². The number of hydrogen-bond donors (Lipinski definition) is 3. The first kappa shape index (κ1) is 19.5. The molecule has 8 nitrogen and oxygen atoms in total. The summed E-state index contributed by atoms with van der Waals surface area (Å²) in [5, 5.41) is 9.26. The lowest BCUT2D eigenvalue weighted by Gasteiger charge is -2.26. The Balaban J connectivity index is 1.46. The molecule has 1 fully saturated rings. The highest BCUT2D eigenvalue weighted by Crippen LogP contribution is 2.09. The maximum Gasteiger partial charge on any atom is 0.254 e. The molecule has 0 unspecified atom stereocenters. The normalized spacial score (nSPS) is 14.5. The molecule has 0 bridgehead atoms. The number of rotatable bonds is 6. The molecule has 28 heavy (non-hydrogen) atoms. The van der Waals surface area contributed by atoms with Crippen LogP contribution in [0.25, 0.3) is 0 Å². The van der Waals surface area contributed by atoms with E-state index in [1.807, 2.05) is 36.7 Å². The van der Waals surface area contributed by atoms with Gasteiger partial charge in [0.1, 0.15) is 0 Å². The molecule has 2 heterocycles. The van der Waals surface area contributed by atoms with Crippen molar-refractivity contribution in [2.24, 2.45) is 4.99 Å². The zero-order valence-electron chi connectivity index (χ0n) is 16.0. The summed E-state index contributed by atoms with van der Waals surface area (Å²) in [6, 6.07) is 11.4. The third-order valence-electron chi connectivity index (χ3n) is 4.54. The molecule has 148 valence electrons. The maximum absolute atomic E-state index is 12.5. The van der Waals surface area contributed by atoms with Gasteiger partial charge in [-0.15, -0.1) is 0 Å². The smallest absolute Gasteiger partial charge is 0.254 e. The largest absolute Gasteiger partial charge is 0.355 e. The highest BCUT2D eigenvalue weighted by atomic mass is 16.2. The third-order valence-corrected chi connectivity index (χ3v) is 4.54. The molecule has 1 aliphatic rings. The Morgan fingerprint density at radius 3 is 2.61 bits per heavy atom. The topological polar surface area (TPSA) is 90.8 Å². The number of piperazine rings is 1. The van der Waals surface area contributed by atoms with E-state index in [4.69, 9.17) is 0 Å². The van der Waals surface area contributed by atoms with Crippen LogP contribution < -0.4 is 16.0 Å². The molecule has 3 rings (SSSR count). The monoisotopic (exact) mass is 382 g/mol. The van der Waals surface area contributed by atoms with E-state index in [1.54, 1.807) is 24.1 Å². The quantitative estimate of drug-likeness (QED) is 0.499. The van der Waals surface area contributed by atoms with Crippen LogP contribution in [-0.2, 0) is 17.9 Å². The Bertz CT molecular complexity index is 814. The summed E-state index contributed by atoms with van der Waals surface area (Å²) in [4.78, 5) is 29.7. The van der Waals surface area contributed by atoms with E-state index >= 15 is 0 Å². The van der Waals surface area contributed by atoms with Crippen LogP contribution in [0, 0.1) is 0 Å². The van der Waals surface area contributed by atoms with Crippen molar-refractivity contribution in [1.82, 2.24) is 25.4 Å². The second-order valence-corrected chi connectivity index (χ2v) is 6.55. The molecule has 3 N–H and O–H groups in total. The van der Waals surface area contributed by atoms with Crippen LogP contribution in [-0.4, -0.2) is 60.5 Å². The molecule has 0 aliphatic carbocycles. The van der Waals surface area contributed by atoms with Crippen LogP contribution in [0.5, 0.6) is 0 Å². The van der Waals surface area contributed by atoms with Gasteiger partial charge in [0.2, 0.25) is 5.91 Å². The van der Waals surface area contributed by atoms with Crippen LogP contribution >= 0.6 is 0 Å². The summed E-state index contributed by atoms with van der Waals surface area (Å²) in [5.41, 5.74) is 1.63. The lowest BCUT2D eigenvalue weighted by molar-refractivity contribution is -0.123. The predicted octanol–water partition coefficient (Wildman–Crippen LogP) is 0.425. The zero-order chi connectivity index (χ0) is 19.8. The molecule has 1 aromatic carbocycles. The van der Waals surface area contributed by atoms with E-state index in [0.29, 0.717) is 25.2 Å². The van der Waals surface area contributed by atoms with Crippen molar-refractivity contribution in [2.45, 2.75) is 13.1 Å². The number of nitrogens with one attached hydrogen (secondary N) is 3. The van der Waals surface area contributed by atoms with Crippen molar-refractivity contribution in [3.05, 3.63) is 59.9 Å². The number of guanidine groups is 1. The van der Waals surface area contributed by atoms with Gasteiger partial charge in [-0.1, -0.05) is 12.1 Å². The van der Waals surface area contributed by atoms with Crippen molar-refractivity contribution in [3.8, 4) is 0 Å². The summed E-state index contributed by atoms with van der Waals surface area (Å²) in [6.07, 6.45) is 4.05. The van der Waals surface area contributed by atoms with Gasteiger partial charge >= 0.3 is 0 Å². The second-order valence-electron chi connectivity index (χ2n) is 6.55. The molecule has 0 saturated carbocycles. The average molecular weight is 382 g/mol. The number of benzene rings is 1. The standard InChI is InChI=1S/C20H26N6O2/c1-21-20(23-8-12-25-10-2-3-11-25)24-14-16-4-6-17(7-5-16)19(28)26-13-9-22-18(27)15-26/h2-7,10-11H,8-9,12-15H2,1H3,(H,22,27)(H2,21,23,24). The van der Waals surface area contributed by atoms with E-state index in [0.717, 1.165) is 24.6 Å². The van der Waals surface area contributed by atoms with Gasteiger partial charge in [0.05, 0.1) is 6.54 Å². The molecule has 8 heteroatoms. The number of aromatic nitrogens is 1. The van der Waals surface area contributed by atoms with E-state index in [-0.39, 0.29) is 18.4 Å². The minimum atomic E-state index is -0.115. The van der Waals surface area contributed by atoms with Gasteiger partial charge in [-0.3, -0.25) is 14.6 Å². The molecule has 0 spiro atoms. The van der Waals surface area contributed by atoms with Crippen LogP contribution in [0.15, 0.2) is 53.8 Å². The van der Waals surface area contributed by atoms with Crippen molar-refractivity contribution in [2.75, 3.05) is 33.2 Å². The summed E-state index contributed by atoms with van der Waals surface area (Å²) in [6.45, 7) is 3.39. The summed E-state index contributed by atoms with van der Waals surface area (Å²) >= 11 is 0. The molecule has 1 aromatic heterocycles. The van der Waals surface area contributed by atoms with Crippen molar-refractivity contribution >= 4 is 17.8 Å². The minimum Gasteiger partial charge on any atom is -0.355 e. The summed E-state index contributed by atoms with van der Waals surface area (Å²) in [7, 11) is 1.74. The number of aliphatic imine (C=N–C) groups is 1. The Labute approximate surface area is 164 Å². The molecule has 0 atom stereocenters. The number of hydrogen-bond acceptors (Lipinski definition) is 3. The molecule has 1 saturated heterocycles. The van der Waals surface area contributed by atoms with Gasteiger partial charge < -0.3 is 25.4 Å². The molecule has 1 aliphatic heterocycles. The number of nitrogens with zero attached hydrogens (tertiary/aromatic N) is 3. The number of carbonyl (C=O) groups is 2. The molecular formula is C20H26N6O2. The predicted molar refractivity (Wildman–Crippen MR) is 108 cm³/mol. The molecule has 2 aromatic rings. The molecule has 2 amide bonds. The lowest BCUT2D eigenvalue weighted by atomic mass is 10.1. The van der Waals surface area contributed by atoms with Gasteiger partial charge in [0.25, 0.3) is 5.91 Å². The Morgan fingerprint density at radius 2 is 1.93 bits per heavy atom. The van der Waals surface area contributed by atoms with E-state index in [9.17, 15) is 9.59 Å². The van der Waals surface area contributed by atoms with Gasteiger partial charge in [0, 0.05) is 57.7 Å². The highest BCUT2D eigenvalue weighted by Gasteiger charge is 2.22. The molecule has 0 radical (unpaired) electrons. The Hall–Kier alpha value is -3.29.